The first-order valence-electron chi connectivity index (χ1n) is 5.89. The van der Waals surface area contributed by atoms with E-state index in [-0.39, 0.29) is 12.0 Å². The summed E-state index contributed by atoms with van der Waals surface area (Å²) in [5, 5.41) is 3.09. The summed E-state index contributed by atoms with van der Waals surface area (Å²) in [5.74, 6) is 6.03. The predicted molar refractivity (Wildman–Crippen MR) is 70.5 cm³/mol. The lowest BCUT2D eigenvalue weighted by molar-refractivity contribution is 0.292. The van der Waals surface area contributed by atoms with Gasteiger partial charge in [-0.3, -0.25) is 5.43 Å². The van der Waals surface area contributed by atoms with Crippen LogP contribution in [0.15, 0.2) is 0 Å². The molecule has 0 aromatic carbocycles. The Morgan fingerprint density at radius 1 is 1.22 bits per heavy atom. The van der Waals surface area contributed by atoms with Gasteiger partial charge in [0.1, 0.15) is 0 Å². The van der Waals surface area contributed by atoms with Gasteiger partial charge < -0.3 is 15.0 Å². The molecule has 0 radical (unpaired) electrons. The average Bonchev–Trinajstić information content (AvgIpc) is 2.35. The first-order chi connectivity index (χ1) is 8.65. The molecule has 8 heteroatoms. The fraction of sp³-hybridized carbons (Fsp3) is 0.700. The molecular formula is C10H21N7O. The average molecular weight is 255 g/mol. The Hall–Kier alpha value is -1.67. The van der Waals surface area contributed by atoms with Gasteiger partial charge in [0.25, 0.3) is 0 Å². The summed E-state index contributed by atoms with van der Waals surface area (Å²) in [7, 11) is 4.00. The van der Waals surface area contributed by atoms with Gasteiger partial charge in [0.05, 0.1) is 6.61 Å². The van der Waals surface area contributed by atoms with Crippen LogP contribution in [0.4, 0.5) is 11.9 Å². The van der Waals surface area contributed by atoms with E-state index in [9.17, 15) is 0 Å². The van der Waals surface area contributed by atoms with Crippen LogP contribution >= 0.6 is 0 Å². The van der Waals surface area contributed by atoms with E-state index in [1.807, 2.05) is 21.0 Å². The number of rotatable bonds is 8. The Morgan fingerprint density at radius 2 is 1.94 bits per heavy atom. The fourth-order valence-electron chi connectivity index (χ4n) is 1.15. The number of anilines is 2. The summed E-state index contributed by atoms with van der Waals surface area (Å²) in [6, 6.07) is 0.271. The van der Waals surface area contributed by atoms with Gasteiger partial charge in [0.15, 0.2) is 0 Å². The highest BCUT2D eigenvalue weighted by molar-refractivity contribution is 5.34. The molecule has 0 atom stereocenters. The second-order valence-corrected chi connectivity index (χ2v) is 3.99. The number of nitrogens with one attached hydrogen (secondary N) is 2. The van der Waals surface area contributed by atoms with E-state index < -0.39 is 0 Å². The van der Waals surface area contributed by atoms with Crippen molar-refractivity contribution in [3.63, 3.8) is 0 Å². The molecule has 1 aromatic heterocycles. The molecule has 0 bridgehead atoms. The monoisotopic (exact) mass is 255 g/mol. The van der Waals surface area contributed by atoms with Crippen LogP contribution < -0.4 is 21.3 Å². The van der Waals surface area contributed by atoms with Gasteiger partial charge in [-0.05, 0) is 20.5 Å². The lowest BCUT2D eigenvalue weighted by Gasteiger charge is -2.11. The Balaban J connectivity index is 2.64. The normalized spacial score (nSPS) is 10.5. The molecule has 0 aliphatic carbocycles. The quantitative estimate of drug-likeness (QED) is 0.438. The van der Waals surface area contributed by atoms with Gasteiger partial charge in [-0.25, -0.2) is 5.84 Å². The molecule has 1 heterocycles. The number of hydrogen-bond donors (Lipinski definition) is 3. The number of ether oxygens (including phenoxy) is 1. The van der Waals surface area contributed by atoms with Gasteiger partial charge in [0.2, 0.25) is 11.9 Å². The van der Waals surface area contributed by atoms with Crippen molar-refractivity contribution in [2.24, 2.45) is 5.84 Å². The van der Waals surface area contributed by atoms with Gasteiger partial charge >= 0.3 is 6.01 Å². The molecule has 0 saturated heterocycles. The standard InChI is InChI=1S/C10H21N7O/c1-4-7-18-10-14-8(12-5-6-17(2)3)13-9(15-10)16-11/h4-7,11H2,1-3H3,(H2,12,13,14,15,16). The minimum Gasteiger partial charge on any atom is -0.463 e. The maximum Gasteiger partial charge on any atom is 0.323 e. The van der Waals surface area contributed by atoms with E-state index in [0.29, 0.717) is 12.6 Å². The first kappa shape index (κ1) is 14.4. The number of nitrogens with two attached hydrogens (primary N) is 1. The van der Waals surface area contributed by atoms with Crippen LogP contribution in [-0.4, -0.2) is 53.6 Å². The van der Waals surface area contributed by atoms with Gasteiger partial charge in [-0.15, -0.1) is 0 Å². The molecule has 0 fully saturated rings. The zero-order chi connectivity index (χ0) is 13.4. The van der Waals surface area contributed by atoms with Crippen molar-refractivity contribution in [3.05, 3.63) is 0 Å². The van der Waals surface area contributed by atoms with E-state index >= 15 is 0 Å². The zero-order valence-corrected chi connectivity index (χ0v) is 11.1. The minimum absolute atomic E-state index is 0.271. The highest BCUT2D eigenvalue weighted by atomic mass is 16.5. The smallest absolute Gasteiger partial charge is 0.323 e. The molecule has 1 rings (SSSR count). The lowest BCUT2D eigenvalue weighted by atomic mass is 10.5. The molecule has 18 heavy (non-hydrogen) atoms. The van der Waals surface area contributed by atoms with E-state index in [0.717, 1.165) is 19.5 Å². The maximum absolute atomic E-state index is 5.36. The Morgan fingerprint density at radius 3 is 2.56 bits per heavy atom. The predicted octanol–water partition coefficient (Wildman–Crippen LogP) is -0.0805. The van der Waals surface area contributed by atoms with E-state index in [1.165, 1.54) is 0 Å². The summed E-state index contributed by atoms with van der Waals surface area (Å²) in [6.45, 7) is 4.18. The van der Waals surface area contributed by atoms with Crippen molar-refractivity contribution < 1.29 is 4.74 Å². The molecule has 1 aromatic rings. The van der Waals surface area contributed by atoms with Crippen LogP contribution in [0.2, 0.25) is 0 Å². The van der Waals surface area contributed by atoms with Crippen molar-refractivity contribution in [1.29, 1.82) is 0 Å². The summed E-state index contributed by atoms with van der Waals surface area (Å²) < 4.78 is 5.36. The summed E-state index contributed by atoms with van der Waals surface area (Å²) in [5.41, 5.74) is 2.39. The number of hydrogen-bond acceptors (Lipinski definition) is 8. The zero-order valence-electron chi connectivity index (χ0n) is 11.1. The largest absolute Gasteiger partial charge is 0.463 e. The summed E-state index contributed by atoms with van der Waals surface area (Å²) in [4.78, 5) is 14.3. The minimum atomic E-state index is 0.271. The number of nitrogens with zero attached hydrogens (tertiary/aromatic N) is 4. The molecule has 4 N–H and O–H groups in total. The number of nitrogen functional groups attached to an aromatic ring is 1. The van der Waals surface area contributed by atoms with Gasteiger partial charge in [-0.2, -0.15) is 15.0 Å². The molecule has 102 valence electrons. The number of aromatic nitrogens is 3. The van der Waals surface area contributed by atoms with Crippen molar-refractivity contribution >= 4 is 11.9 Å². The van der Waals surface area contributed by atoms with Gasteiger partial charge in [0, 0.05) is 13.1 Å². The Labute approximate surface area is 107 Å². The summed E-state index contributed by atoms with van der Waals surface area (Å²) >= 11 is 0. The third-order valence-corrected chi connectivity index (χ3v) is 2.02. The maximum atomic E-state index is 5.36. The molecule has 0 aliphatic rings. The molecule has 8 nitrogen and oxygen atoms in total. The van der Waals surface area contributed by atoms with Crippen LogP contribution in [0.25, 0.3) is 0 Å². The molecule has 0 saturated carbocycles. The van der Waals surface area contributed by atoms with Crippen LogP contribution in [0.1, 0.15) is 13.3 Å². The molecule has 0 aliphatic heterocycles. The molecule has 0 spiro atoms. The topological polar surface area (TPSA) is 101 Å². The van der Waals surface area contributed by atoms with Crippen molar-refractivity contribution in [2.75, 3.05) is 44.5 Å². The third kappa shape index (κ3) is 5.11. The third-order valence-electron chi connectivity index (χ3n) is 2.02. The first-order valence-corrected chi connectivity index (χ1v) is 5.89. The van der Waals surface area contributed by atoms with Gasteiger partial charge in [-0.1, -0.05) is 6.92 Å². The molecule has 0 unspecified atom stereocenters. The van der Waals surface area contributed by atoms with E-state index in [1.54, 1.807) is 0 Å². The van der Waals surface area contributed by atoms with Crippen molar-refractivity contribution in [2.45, 2.75) is 13.3 Å². The fourth-order valence-corrected chi connectivity index (χ4v) is 1.15. The highest BCUT2D eigenvalue weighted by Gasteiger charge is 2.06. The van der Waals surface area contributed by atoms with Crippen LogP contribution in [0, 0.1) is 0 Å². The Bertz CT molecular complexity index is 358. The van der Waals surface area contributed by atoms with E-state index in [2.05, 4.69) is 30.6 Å². The number of hydrazine groups is 1. The van der Waals surface area contributed by atoms with Crippen LogP contribution in [0.5, 0.6) is 6.01 Å². The molecular weight excluding hydrogens is 234 g/mol. The lowest BCUT2D eigenvalue weighted by Crippen LogP contribution is -2.22. The van der Waals surface area contributed by atoms with Crippen molar-refractivity contribution in [1.82, 2.24) is 19.9 Å². The van der Waals surface area contributed by atoms with Crippen LogP contribution in [-0.2, 0) is 0 Å². The summed E-state index contributed by atoms with van der Waals surface area (Å²) in [6.07, 6.45) is 0.889. The second-order valence-electron chi connectivity index (χ2n) is 3.99. The SMILES string of the molecule is CCCOc1nc(NN)nc(NCCN(C)C)n1. The molecule has 0 amide bonds. The Kier molecular flexibility index (Phi) is 6.09. The number of likely N-dealkylation sites (N-methyl/N-ethyl adjacent to an activating group) is 1. The highest BCUT2D eigenvalue weighted by Crippen LogP contribution is 2.10. The van der Waals surface area contributed by atoms with Crippen LogP contribution in [0.3, 0.4) is 0 Å². The second kappa shape index (κ2) is 7.62. The van der Waals surface area contributed by atoms with E-state index in [4.69, 9.17) is 10.6 Å². The van der Waals surface area contributed by atoms with Crippen molar-refractivity contribution in [3.8, 4) is 6.01 Å².